The smallest absolute Gasteiger partial charge is 0.416 e. The zero-order chi connectivity index (χ0) is 21.3. The van der Waals surface area contributed by atoms with Crippen molar-refractivity contribution in [1.29, 1.82) is 0 Å². The number of hydrogen-bond donors (Lipinski definition) is 2. The number of furan rings is 1. The molecular weight excluding hydrogens is 429 g/mol. The van der Waals surface area contributed by atoms with Crippen LogP contribution in [-0.2, 0) is 15.7 Å². The van der Waals surface area contributed by atoms with Gasteiger partial charge in [0.25, 0.3) is 0 Å². The molecular formula is C19H16ClF3N2O3S. The Labute approximate surface area is 174 Å². The standard InChI is InChI=1S/C19H16ClF3N2O3S/c1-3-27-17(26)15-9(2)24-18(29)25-16(15)14-7-6-13(28-14)11-8-10(19(21,22)23)4-5-12(11)20/h4-8,16H,3H2,1-2H3,(H2,24,25,29)/t16-/m1/s1. The Balaban J connectivity index is 2.02. The molecule has 0 spiro atoms. The van der Waals surface area contributed by atoms with E-state index >= 15 is 0 Å². The van der Waals surface area contributed by atoms with Crippen LogP contribution in [0.5, 0.6) is 0 Å². The van der Waals surface area contributed by atoms with E-state index in [-0.39, 0.29) is 39.4 Å². The van der Waals surface area contributed by atoms with Gasteiger partial charge in [0.05, 0.1) is 22.8 Å². The second-order valence-electron chi connectivity index (χ2n) is 6.19. The SMILES string of the molecule is CCOC(=O)C1=C(C)NC(=S)N[C@@H]1c1ccc(-c2cc(C(F)(F)F)ccc2Cl)o1. The molecule has 1 aromatic heterocycles. The predicted octanol–water partition coefficient (Wildman–Crippen LogP) is 4.97. The molecule has 0 radical (unpaired) electrons. The summed E-state index contributed by atoms with van der Waals surface area (Å²) in [6, 6.07) is 5.24. The highest BCUT2D eigenvalue weighted by molar-refractivity contribution is 7.80. The Kier molecular flexibility index (Phi) is 5.90. The van der Waals surface area contributed by atoms with Crippen molar-refractivity contribution in [2.24, 2.45) is 0 Å². The Morgan fingerprint density at radius 3 is 2.69 bits per heavy atom. The number of halogens is 4. The van der Waals surface area contributed by atoms with Crippen molar-refractivity contribution in [3.8, 4) is 11.3 Å². The van der Waals surface area contributed by atoms with Crippen molar-refractivity contribution in [3.63, 3.8) is 0 Å². The minimum Gasteiger partial charge on any atom is -0.463 e. The second kappa shape index (κ2) is 8.08. The fourth-order valence-electron chi connectivity index (χ4n) is 2.93. The van der Waals surface area contributed by atoms with Crippen molar-refractivity contribution in [2.45, 2.75) is 26.1 Å². The molecule has 0 aliphatic carbocycles. The Bertz CT molecular complexity index is 1000. The zero-order valence-corrected chi connectivity index (χ0v) is 16.9. The van der Waals surface area contributed by atoms with Crippen LogP contribution in [0.4, 0.5) is 13.2 Å². The maximum absolute atomic E-state index is 13.0. The van der Waals surface area contributed by atoms with Gasteiger partial charge < -0.3 is 19.8 Å². The molecule has 0 saturated carbocycles. The van der Waals surface area contributed by atoms with Gasteiger partial charge in [-0.05, 0) is 56.4 Å². The molecule has 0 amide bonds. The zero-order valence-electron chi connectivity index (χ0n) is 15.3. The van der Waals surface area contributed by atoms with Crippen LogP contribution in [0.3, 0.4) is 0 Å². The third-order valence-corrected chi connectivity index (χ3v) is 4.78. The third-order valence-electron chi connectivity index (χ3n) is 4.23. The second-order valence-corrected chi connectivity index (χ2v) is 7.00. The summed E-state index contributed by atoms with van der Waals surface area (Å²) in [6.45, 7) is 3.52. The number of benzene rings is 1. The van der Waals surface area contributed by atoms with Crippen molar-refractivity contribution < 1.29 is 27.1 Å². The first kappa shape index (κ1) is 21.2. The van der Waals surface area contributed by atoms with E-state index in [1.54, 1.807) is 19.9 Å². The van der Waals surface area contributed by atoms with Crippen LogP contribution in [0.2, 0.25) is 5.02 Å². The average molecular weight is 445 g/mol. The summed E-state index contributed by atoms with van der Waals surface area (Å²) < 4.78 is 50.0. The number of thiocarbonyl (C=S) groups is 1. The molecule has 0 saturated heterocycles. The lowest BCUT2D eigenvalue weighted by atomic mass is 10.0. The summed E-state index contributed by atoms with van der Waals surface area (Å²) in [7, 11) is 0. The van der Waals surface area contributed by atoms with E-state index in [4.69, 9.17) is 33.0 Å². The minimum absolute atomic E-state index is 0.0858. The van der Waals surface area contributed by atoms with Gasteiger partial charge in [0.1, 0.15) is 17.6 Å². The quantitative estimate of drug-likeness (QED) is 0.512. The molecule has 2 heterocycles. The number of esters is 1. The van der Waals surface area contributed by atoms with E-state index < -0.39 is 23.8 Å². The molecule has 0 unspecified atom stereocenters. The summed E-state index contributed by atoms with van der Waals surface area (Å²) in [5, 5.41) is 6.15. The van der Waals surface area contributed by atoms with Gasteiger partial charge in [0.15, 0.2) is 5.11 Å². The predicted molar refractivity (Wildman–Crippen MR) is 105 cm³/mol. The lowest BCUT2D eigenvalue weighted by molar-refractivity contribution is -0.139. The van der Waals surface area contributed by atoms with Gasteiger partial charge in [0, 0.05) is 11.3 Å². The molecule has 2 N–H and O–H groups in total. The number of carbonyl (C=O) groups is 1. The molecule has 1 atom stereocenters. The molecule has 29 heavy (non-hydrogen) atoms. The van der Waals surface area contributed by atoms with E-state index in [0.29, 0.717) is 5.70 Å². The Hall–Kier alpha value is -2.52. The first-order valence-electron chi connectivity index (χ1n) is 8.54. The van der Waals surface area contributed by atoms with Crippen LogP contribution < -0.4 is 10.6 Å². The van der Waals surface area contributed by atoms with Gasteiger partial charge in [-0.15, -0.1) is 0 Å². The van der Waals surface area contributed by atoms with Gasteiger partial charge in [-0.3, -0.25) is 0 Å². The molecule has 1 aliphatic rings. The van der Waals surface area contributed by atoms with Crippen LogP contribution >= 0.6 is 23.8 Å². The summed E-state index contributed by atoms with van der Waals surface area (Å²) in [5.41, 5.74) is -0.00893. The number of allylic oxidation sites excluding steroid dienone is 1. The van der Waals surface area contributed by atoms with Gasteiger partial charge in [0.2, 0.25) is 0 Å². The molecule has 10 heteroatoms. The van der Waals surface area contributed by atoms with E-state index in [2.05, 4.69) is 10.6 Å². The fraction of sp³-hybridized carbons (Fsp3) is 0.263. The van der Waals surface area contributed by atoms with Crippen LogP contribution in [0.1, 0.15) is 31.2 Å². The maximum Gasteiger partial charge on any atom is 0.416 e. The van der Waals surface area contributed by atoms with Crippen LogP contribution in [0, 0.1) is 0 Å². The molecule has 5 nitrogen and oxygen atoms in total. The highest BCUT2D eigenvalue weighted by Crippen LogP contribution is 2.38. The van der Waals surface area contributed by atoms with E-state index in [9.17, 15) is 18.0 Å². The first-order chi connectivity index (χ1) is 13.6. The molecule has 2 aromatic rings. The molecule has 3 rings (SSSR count). The molecule has 0 fully saturated rings. The number of nitrogens with one attached hydrogen (secondary N) is 2. The van der Waals surface area contributed by atoms with Gasteiger partial charge in [-0.2, -0.15) is 13.2 Å². The van der Waals surface area contributed by atoms with Gasteiger partial charge in [-0.25, -0.2) is 4.79 Å². The lowest BCUT2D eigenvalue weighted by Gasteiger charge is -2.28. The van der Waals surface area contributed by atoms with Crippen molar-refractivity contribution in [3.05, 3.63) is 57.9 Å². The van der Waals surface area contributed by atoms with Crippen LogP contribution in [0.15, 0.2) is 46.0 Å². The van der Waals surface area contributed by atoms with Gasteiger partial charge >= 0.3 is 12.1 Å². The molecule has 154 valence electrons. The number of alkyl halides is 3. The van der Waals surface area contributed by atoms with Crippen molar-refractivity contribution in [2.75, 3.05) is 6.61 Å². The fourth-order valence-corrected chi connectivity index (χ4v) is 3.41. The number of carbonyl (C=O) groups excluding carboxylic acids is 1. The average Bonchev–Trinajstić information content (AvgIpc) is 3.10. The Morgan fingerprint density at radius 1 is 1.31 bits per heavy atom. The largest absolute Gasteiger partial charge is 0.463 e. The third kappa shape index (κ3) is 4.40. The van der Waals surface area contributed by atoms with E-state index in [0.717, 1.165) is 18.2 Å². The highest BCUT2D eigenvalue weighted by Gasteiger charge is 2.34. The molecule has 1 aliphatic heterocycles. The maximum atomic E-state index is 13.0. The van der Waals surface area contributed by atoms with Crippen LogP contribution in [-0.4, -0.2) is 17.7 Å². The highest BCUT2D eigenvalue weighted by atomic mass is 35.5. The number of hydrogen-bond acceptors (Lipinski definition) is 4. The first-order valence-corrected chi connectivity index (χ1v) is 9.32. The molecule has 1 aromatic carbocycles. The normalized spacial score (nSPS) is 17.0. The topological polar surface area (TPSA) is 63.5 Å². The summed E-state index contributed by atoms with van der Waals surface area (Å²) >= 11 is 11.2. The summed E-state index contributed by atoms with van der Waals surface area (Å²) in [6.07, 6.45) is -4.52. The van der Waals surface area contributed by atoms with E-state index in [1.165, 1.54) is 6.07 Å². The Morgan fingerprint density at radius 2 is 2.03 bits per heavy atom. The molecule has 0 bridgehead atoms. The lowest BCUT2D eigenvalue weighted by Crippen LogP contribution is -2.45. The summed E-state index contributed by atoms with van der Waals surface area (Å²) in [4.78, 5) is 12.4. The van der Waals surface area contributed by atoms with Crippen molar-refractivity contribution in [1.82, 2.24) is 10.6 Å². The van der Waals surface area contributed by atoms with E-state index in [1.807, 2.05) is 0 Å². The number of rotatable bonds is 4. The summed E-state index contributed by atoms with van der Waals surface area (Å²) in [5.74, 6) is -0.157. The number of ether oxygens (including phenoxy) is 1. The monoisotopic (exact) mass is 444 g/mol. The van der Waals surface area contributed by atoms with Crippen LogP contribution in [0.25, 0.3) is 11.3 Å². The van der Waals surface area contributed by atoms with Gasteiger partial charge in [-0.1, -0.05) is 11.6 Å². The minimum atomic E-state index is -4.52. The van der Waals surface area contributed by atoms with Crippen molar-refractivity contribution >= 4 is 34.9 Å².